The van der Waals surface area contributed by atoms with Gasteiger partial charge in [0.25, 0.3) is 0 Å². The maximum Gasteiger partial charge on any atom is 0.409 e. The molecule has 0 aromatic heterocycles. The molecule has 1 aromatic carbocycles. The summed E-state index contributed by atoms with van der Waals surface area (Å²) in [5.74, 6) is 3.00. The van der Waals surface area contributed by atoms with Crippen LogP contribution >= 0.6 is 0 Å². The Kier molecular flexibility index (Phi) is 11.9. The van der Waals surface area contributed by atoms with Crippen molar-refractivity contribution in [3.8, 4) is 0 Å². The van der Waals surface area contributed by atoms with E-state index in [9.17, 15) is 4.79 Å². The quantitative estimate of drug-likeness (QED) is 0.317. The second kappa shape index (κ2) is 13.6. The van der Waals surface area contributed by atoms with Gasteiger partial charge in [0, 0.05) is 5.69 Å². The van der Waals surface area contributed by atoms with Gasteiger partial charge in [-0.2, -0.15) is 0 Å². The summed E-state index contributed by atoms with van der Waals surface area (Å²) in [6.45, 7) is 11.7. The summed E-state index contributed by atoms with van der Waals surface area (Å²) < 4.78 is 0. The molecule has 2 N–H and O–H groups in total. The number of nitrogens with one attached hydrogen (secondary N) is 1. The minimum absolute atomic E-state index is 0.639. The van der Waals surface area contributed by atoms with Crippen LogP contribution in [-0.4, -0.2) is 11.2 Å². The molecule has 1 rings (SSSR count). The van der Waals surface area contributed by atoms with E-state index < -0.39 is 6.09 Å². The molecule has 0 radical (unpaired) electrons. The zero-order valence-corrected chi connectivity index (χ0v) is 18.8. The molecule has 0 aliphatic carbocycles. The first-order valence-corrected chi connectivity index (χ1v) is 11.4. The monoisotopic (exact) mass is 389 g/mol. The molecule has 160 valence electrons. The summed E-state index contributed by atoms with van der Waals surface area (Å²) in [6, 6.07) is 7.86. The predicted octanol–water partition coefficient (Wildman–Crippen LogP) is 8.00. The van der Waals surface area contributed by atoms with Crippen molar-refractivity contribution < 1.29 is 9.90 Å². The van der Waals surface area contributed by atoms with E-state index in [-0.39, 0.29) is 0 Å². The number of carbonyl (C=O) groups is 1. The van der Waals surface area contributed by atoms with Crippen LogP contribution in [0.4, 0.5) is 10.5 Å². The van der Waals surface area contributed by atoms with Gasteiger partial charge in [0.05, 0.1) is 0 Å². The highest BCUT2D eigenvalue weighted by Crippen LogP contribution is 2.29. The Morgan fingerprint density at radius 1 is 0.857 bits per heavy atom. The van der Waals surface area contributed by atoms with Gasteiger partial charge in [-0.25, -0.2) is 4.79 Å². The van der Waals surface area contributed by atoms with Gasteiger partial charge in [0.15, 0.2) is 0 Å². The lowest BCUT2D eigenvalue weighted by Gasteiger charge is -2.24. The molecule has 0 heterocycles. The third-order valence-electron chi connectivity index (χ3n) is 6.17. The fraction of sp³-hybridized carbons (Fsp3) is 0.720. The lowest BCUT2D eigenvalue weighted by atomic mass is 9.81. The van der Waals surface area contributed by atoms with Gasteiger partial charge < -0.3 is 5.11 Å². The van der Waals surface area contributed by atoms with Crippen LogP contribution in [0.5, 0.6) is 0 Å². The summed E-state index contributed by atoms with van der Waals surface area (Å²) >= 11 is 0. The Hall–Kier alpha value is -1.51. The zero-order chi connectivity index (χ0) is 20.9. The van der Waals surface area contributed by atoms with Gasteiger partial charge in [-0.1, -0.05) is 91.7 Å². The van der Waals surface area contributed by atoms with E-state index in [1.807, 2.05) is 12.1 Å². The van der Waals surface area contributed by atoms with Crippen LogP contribution in [0.1, 0.15) is 91.5 Å². The number of hydrogen-bond donors (Lipinski definition) is 2. The van der Waals surface area contributed by atoms with Crippen molar-refractivity contribution in [2.75, 3.05) is 5.32 Å². The van der Waals surface area contributed by atoms with Crippen LogP contribution in [0.2, 0.25) is 0 Å². The molecular formula is C25H43NO2. The number of anilines is 1. The van der Waals surface area contributed by atoms with Gasteiger partial charge in [-0.15, -0.1) is 0 Å². The number of carboxylic acid groups (broad SMARTS) is 1. The standard InChI is InChI=1S/C25H43NO2/c1-6-7-8-9-11-22(19(2)3)12-10-13-23(20(4)5)18-21-14-16-24(17-15-21)26-25(27)28/h14-17,19-20,22-23,26H,6-13,18H2,1-5H3,(H,27,28). The third kappa shape index (κ3) is 10.1. The SMILES string of the molecule is CCCCCCC(CCCC(Cc1ccc(NC(=O)O)cc1)C(C)C)C(C)C. The summed E-state index contributed by atoms with van der Waals surface area (Å²) in [7, 11) is 0. The molecule has 2 atom stereocenters. The lowest BCUT2D eigenvalue weighted by molar-refractivity contribution is 0.209. The van der Waals surface area contributed by atoms with Crippen LogP contribution in [0.25, 0.3) is 0 Å². The average molecular weight is 390 g/mol. The second-order valence-electron chi connectivity index (χ2n) is 9.12. The first-order valence-electron chi connectivity index (χ1n) is 11.4. The summed E-state index contributed by atoms with van der Waals surface area (Å²) in [5.41, 5.74) is 1.94. The van der Waals surface area contributed by atoms with Crippen molar-refractivity contribution in [3.05, 3.63) is 29.8 Å². The number of benzene rings is 1. The maximum absolute atomic E-state index is 10.7. The Balaban J connectivity index is 2.49. The Morgan fingerprint density at radius 2 is 1.43 bits per heavy atom. The highest BCUT2D eigenvalue weighted by Gasteiger charge is 2.17. The van der Waals surface area contributed by atoms with Gasteiger partial charge in [-0.05, 0) is 54.2 Å². The minimum Gasteiger partial charge on any atom is -0.465 e. The van der Waals surface area contributed by atoms with Crippen molar-refractivity contribution in [3.63, 3.8) is 0 Å². The first kappa shape index (κ1) is 24.5. The highest BCUT2D eigenvalue weighted by molar-refractivity contribution is 5.82. The Bertz CT molecular complexity index is 536. The normalized spacial score (nSPS) is 13.7. The van der Waals surface area contributed by atoms with Gasteiger partial charge in [0.1, 0.15) is 0 Å². The molecule has 1 aromatic rings. The fourth-order valence-electron chi connectivity index (χ4n) is 4.11. The van der Waals surface area contributed by atoms with Gasteiger partial charge >= 0.3 is 6.09 Å². The molecular weight excluding hydrogens is 346 g/mol. The molecule has 3 heteroatoms. The van der Waals surface area contributed by atoms with E-state index in [4.69, 9.17) is 5.11 Å². The topological polar surface area (TPSA) is 49.3 Å². The van der Waals surface area contributed by atoms with Crippen molar-refractivity contribution in [1.82, 2.24) is 0 Å². The molecule has 1 amide bonds. The largest absolute Gasteiger partial charge is 0.465 e. The van der Waals surface area contributed by atoms with Crippen LogP contribution < -0.4 is 5.32 Å². The molecule has 0 saturated heterocycles. The van der Waals surface area contributed by atoms with Crippen LogP contribution in [-0.2, 0) is 6.42 Å². The molecule has 0 fully saturated rings. The first-order chi connectivity index (χ1) is 13.3. The van der Waals surface area contributed by atoms with E-state index in [1.54, 1.807) is 0 Å². The average Bonchev–Trinajstić information content (AvgIpc) is 2.63. The lowest BCUT2D eigenvalue weighted by Crippen LogP contribution is -2.14. The molecule has 2 unspecified atom stereocenters. The van der Waals surface area contributed by atoms with Gasteiger partial charge in [-0.3, -0.25) is 5.32 Å². The number of unbranched alkanes of at least 4 members (excludes halogenated alkanes) is 3. The zero-order valence-electron chi connectivity index (χ0n) is 18.8. The molecule has 0 saturated carbocycles. The minimum atomic E-state index is -1.01. The van der Waals surface area contributed by atoms with E-state index in [2.05, 4.69) is 52.1 Å². The smallest absolute Gasteiger partial charge is 0.409 e. The Morgan fingerprint density at radius 3 is 1.96 bits per heavy atom. The maximum atomic E-state index is 10.7. The van der Waals surface area contributed by atoms with E-state index in [1.165, 1.54) is 56.9 Å². The second-order valence-corrected chi connectivity index (χ2v) is 9.12. The van der Waals surface area contributed by atoms with E-state index in [0.29, 0.717) is 17.5 Å². The third-order valence-corrected chi connectivity index (χ3v) is 6.17. The van der Waals surface area contributed by atoms with Gasteiger partial charge in [0.2, 0.25) is 0 Å². The molecule has 0 aliphatic rings. The summed E-state index contributed by atoms with van der Waals surface area (Å²) in [6.07, 6.45) is 10.9. The summed E-state index contributed by atoms with van der Waals surface area (Å²) in [4.78, 5) is 10.7. The number of hydrogen-bond acceptors (Lipinski definition) is 1. The Labute approximate surface area is 173 Å². The van der Waals surface area contributed by atoms with Crippen molar-refractivity contribution in [2.45, 2.75) is 92.4 Å². The predicted molar refractivity (Wildman–Crippen MR) is 121 cm³/mol. The van der Waals surface area contributed by atoms with E-state index in [0.717, 1.165) is 18.3 Å². The molecule has 0 aliphatic heterocycles. The fourth-order valence-corrected chi connectivity index (χ4v) is 4.11. The molecule has 28 heavy (non-hydrogen) atoms. The van der Waals surface area contributed by atoms with Crippen molar-refractivity contribution in [2.24, 2.45) is 23.7 Å². The summed E-state index contributed by atoms with van der Waals surface area (Å²) in [5, 5.41) is 11.2. The van der Waals surface area contributed by atoms with Crippen molar-refractivity contribution >= 4 is 11.8 Å². The highest BCUT2D eigenvalue weighted by atomic mass is 16.4. The number of amides is 1. The van der Waals surface area contributed by atoms with Crippen LogP contribution in [0.15, 0.2) is 24.3 Å². The number of rotatable bonds is 14. The molecule has 0 bridgehead atoms. The van der Waals surface area contributed by atoms with Crippen molar-refractivity contribution in [1.29, 1.82) is 0 Å². The van der Waals surface area contributed by atoms with E-state index >= 15 is 0 Å². The molecule has 0 spiro atoms. The van der Waals surface area contributed by atoms with Crippen LogP contribution in [0, 0.1) is 23.7 Å². The van der Waals surface area contributed by atoms with Crippen LogP contribution in [0.3, 0.4) is 0 Å². The molecule has 3 nitrogen and oxygen atoms in total.